The van der Waals surface area contributed by atoms with Gasteiger partial charge in [0, 0.05) is 19.5 Å². The molecule has 0 aromatic carbocycles. The van der Waals surface area contributed by atoms with Gasteiger partial charge in [0.15, 0.2) is 0 Å². The fourth-order valence-corrected chi connectivity index (χ4v) is 1.33. The molecule has 0 fully saturated rings. The molecule has 1 atom stereocenters. The number of aromatic nitrogens is 1. The lowest BCUT2D eigenvalue weighted by Gasteiger charge is -2.14. The van der Waals surface area contributed by atoms with Crippen LogP contribution in [0.3, 0.4) is 0 Å². The van der Waals surface area contributed by atoms with Crippen molar-refractivity contribution in [3.8, 4) is 0 Å². The van der Waals surface area contributed by atoms with Crippen LogP contribution in [0.5, 0.6) is 0 Å². The van der Waals surface area contributed by atoms with Gasteiger partial charge in [0.25, 0.3) is 0 Å². The third kappa shape index (κ3) is 5.42. The first-order valence-electron chi connectivity index (χ1n) is 5.50. The van der Waals surface area contributed by atoms with E-state index < -0.39 is 0 Å². The predicted octanol–water partition coefficient (Wildman–Crippen LogP) is 0.922. The summed E-state index contributed by atoms with van der Waals surface area (Å²) in [4.78, 5) is 15.4. The van der Waals surface area contributed by atoms with Crippen LogP contribution >= 0.6 is 0 Å². The molecule has 1 heterocycles. The van der Waals surface area contributed by atoms with Crippen molar-refractivity contribution in [2.24, 2.45) is 0 Å². The van der Waals surface area contributed by atoms with Crippen LogP contribution in [0.1, 0.15) is 18.5 Å². The van der Waals surface area contributed by atoms with Gasteiger partial charge in [0.1, 0.15) is 6.61 Å². The van der Waals surface area contributed by atoms with Gasteiger partial charge >= 0.3 is 0 Å². The Bertz CT molecular complexity index is 330. The third-order valence-corrected chi connectivity index (χ3v) is 2.25. The van der Waals surface area contributed by atoms with Crippen LogP contribution in [0.25, 0.3) is 0 Å². The van der Waals surface area contributed by atoms with E-state index in [1.165, 1.54) is 0 Å². The minimum Gasteiger partial charge on any atom is -0.382 e. The normalized spacial score (nSPS) is 12.1. The first-order valence-corrected chi connectivity index (χ1v) is 5.50. The Kier molecular flexibility index (Phi) is 6.21. The molecule has 5 heteroatoms. The minimum absolute atomic E-state index is 0.0449. The number of amides is 1. The van der Waals surface area contributed by atoms with Crippen molar-refractivity contribution in [3.05, 3.63) is 30.1 Å². The topological polar surface area (TPSA) is 60.5 Å². The van der Waals surface area contributed by atoms with E-state index in [0.717, 1.165) is 5.56 Å². The molecule has 1 rings (SSSR count). The molecule has 0 saturated heterocycles. The summed E-state index contributed by atoms with van der Waals surface area (Å²) in [6, 6.07) is 3.70. The van der Waals surface area contributed by atoms with Gasteiger partial charge in [0.2, 0.25) is 5.91 Å². The molecule has 94 valence electrons. The van der Waals surface area contributed by atoms with Gasteiger partial charge in [-0.05, 0) is 24.6 Å². The van der Waals surface area contributed by atoms with Crippen LogP contribution in [0.15, 0.2) is 24.5 Å². The summed E-state index contributed by atoms with van der Waals surface area (Å²) in [7, 11) is 1.59. The van der Waals surface area contributed by atoms with Crippen LogP contribution in [-0.4, -0.2) is 37.8 Å². The Morgan fingerprint density at radius 1 is 1.41 bits per heavy atom. The van der Waals surface area contributed by atoms with Crippen molar-refractivity contribution >= 4 is 5.91 Å². The SMILES string of the molecule is COCCOCC(=O)N[C@H](C)c1ccncc1. The number of pyridine rings is 1. The number of rotatable bonds is 7. The number of nitrogens with one attached hydrogen (secondary N) is 1. The summed E-state index contributed by atoms with van der Waals surface area (Å²) in [5.41, 5.74) is 1.02. The van der Waals surface area contributed by atoms with Gasteiger partial charge in [0.05, 0.1) is 19.3 Å². The maximum Gasteiger partial charge on any atom is 0.246 e. The molecule has 0 bridgehead atoms. The molecule has 1 N–H and O–H groups in total. The number of carbonyl (C=O) groups excluding carboxylic acids is 1. The van der Waals surface area contributed by atoms with E-state index >= 15 is 0 Å². The molecule has 0 aliphatic heterocycles. The lowest BCUT2D eigenvalue weighted by atomic mass is 10.1. The summed E-state index contributed by atoms with van der Waals surface area (Å²) in [6.45, 7) is 2.89. The van der Waals surface area contributed by atoms with E-state index in [-0.39, 0.29) is 18.6 Å². The van der Waals surface area contributed by atoms with Crippen molar-refractivity contribution in [2.45, 2.75) is 13.0 Å². The Morgan fingerprint density at radius 3 is 2.76 bits per heavy atom. The minimum atomic E-state index is -0.134. The Labute approximate surface area is 101 Å². The van der Waals surface area contributed by atoms with E-state index in [0.29, 0.717) is 13.2 Å². The lowest BCUT2D eigenvalue weighted by molar-refractivity contribution is -0.126. The molecule has 0 unspecified atom stereocenters. The van der Waals surface area contributed by atoms with E-state index in [1.807, 2.05) is 19.1 Å². The summed E-state index contributed by atoms with van der Waals surface area (Å²) < 4.78 is 9.93. The predicted molar refractivity (Wildman–Crippen MR) is 63.5 cm³/mol. The molecule has 0 radical (unpaired) electrons. The monoisotopic (exact) mass is 238 g/mol. The summed E-state index contributed by atoms with van der Waals surface area (Å²) in [5, 5.41) is 2.84. The quantitative estimate of drug-likeness (QED) is 0.718. The number of hydrogen-bond donors (Lipinski definition) is 1. The fourth-order valence-electron chi connectivity index (χ4n) is 1.33. The van der Waals surface area contributed by atoms with Crippen LogP contribution < -0.4 is 5.32 Å². The first kappa shape index (κ1) is 13.6. The smallest absolute Gasteiger partial charge is 0.246 e. The van der Waals surface area contributed by atoms with Gasteiger partial charge in [-0.2, -0.15) is 0 Å². The molecule has 0 spiro atoms. The van der Waals surface area contributed by atoms with E-state index in [9.17, 15) is 4.79 Å². The second-order valence-corrected chi connectivity index (χ2v) is 3.62. The van der Waals surface area contributed by atoms with Gasteiger partial charge < -0.3 is 14.8 Å². The molecular formula is C12H18N2O3. The van der Waals surface area contributed by atoms with Crippen molar-refractivity contribution in [3.63, 3.8) is 0 Å². The molecule has 1 amide bonds. The molecule has 17 heavy (non-hydrogen) atoms. The second kappa shape index (κ2) is 7.76. The van der Waals surface area contributed by atoms with Crippen LogP contribution in [0.4, 0.5) is 0 Å². The average molecular weight is 238 g/mol. The number of hydrogen-bond acceptors (Lipinski definition) is 4. The molecule has 1 aromatic rings. The standard InChI is InChI=1S/C12H18N2O3/c1-10(11-3-5-13-6-4-11)14-12(15)9-17-8-7-16-2/h3-6,10H,7-9H2,1-2H3,(H,14,15)/t10-/m1/s1. The lowest BCUT2D eigenvalue weighted by Crippen LogP contribution is -2.30. The van der Waals surface area contributed by atoms with Gasteiger partial charge in [-0.3, -0.25) is 9.78 Å². The van der Waals surface area contributed by atoms with Crippen LogP contribution in [0, 0.1) is 0 Å². The number of methoxy groups -OCH3 is 1. The maximum absolute atomic E-state index is 11.5. The summed E-state index contributed by atoms with van der Waals surface area (Å²) >= 11 is 0. The van der Waals surface area contributed by atoms with E-state index in [4.69, 9.17) is 9.47 Å². The molecule has 0 saturated carbocycles. The van der Waals surface area contributed by atoms with E-state index in [2.05, 4.69) is 10.3 Å². The largest absolute Gasteiger partial charge is 0.382 e. The van der Waals surface area contributed by atoms with Crippen LogP contribution in [0.2, 0.25) is 0 Å². The highest BCUT2D eigenvalue weighted by molar-refractivity contribution is 5.77. The van der Waals surface area contributed by atoms with Crippen molar-refractivity contribution < 1.29 is 14.3 Å². The van der Waals surface area contributed by atoms with Crippen molar-refractivity contribution in [1.29, 1.82) is 0 Å². The first-order chi connectivity index (χ1) is 8.24. The zero-order valence-electron chi connectivity index (χ0n) is 10.2. The fraction of sp³-hybridized carbons (Fsp3) is 0.500. The number of nitrogens with zero attached hydrogens (tertiary/aromatic N) is 1. The van der Waals surface area contributed by atoms with Gasteiger partial charge in [-0.1, -0.05) is 0 Å². The molecule has 5 nitrogen and oxygen atoms in total. The zero-order chi connectivity index (χ0) is 12.5. The molecule has 0 aliphatic rings. The highest BCUT2D eigenvalue weighted by atomic mass is 16.5. The molecule has 1 aromatic heterocycles. The zero-order valence-corrected chi connectivity index (χ0v) is 10.2. The summed E-state index contributed by atoms with van der Waals surface area (Å²) in [5.74, 6) is -0.134. The van der Waals surface area contributed by atoms with E-state index in [1.54, 1.807) is 19.5 Å². The highest BCUT2D eigenvalue weighted by Crippen LogP contribution is 2.09. The third-order valence-electron chi connectivity index (χ3n) is 2.25. The Morgan fingerprint density at radius 2 is 2.12 bits per heavy atom. The second-order valence-electron chi connectivity index (χ2n) is 3.62. The van der Waals surface area contributed by atoms with Gasteiger partial charge in [-0.15, -0.1) is 0 Å². The maximum atomic E-state index is 11.5. The highest BCUT2D eigenvalue weighted by Gasteiger charge is 2.08. The van der Waals surface area contributed by atoms with Crippen LogP contribution in [-0.2, 0) is 14.3 Å². The Balaban J connectivity index is 2.26. The Hall–Kier alpha value is -1.46. The van der Waals surface area contributed by atoms with Crippen molar-refractivity contribution in [1.82, 2.24) is 10.3 Å². The molecular weight excluding hydrogens is 220 g/mol. The molecule has 0 aliphatic carbocycles. The number of ether oxygens (including phenoxy) is 2. The van der Waals surface area contributed by atoms with Crippen molar-refractivity contribution in [2.75, 3.05) is 26.9 Å². The average Bonchev–Trinajstić information content (AvgIpc) is 2.36. The number of carbonyl (C=O) groups is 1. The summed E-state index contributed by atoms with van der Waals surface area (Å²) in [6.07, 6.45) is 3.40. The van der Waals surface area contributed by atoms with Gasteiger partial charge in [-0.25, -0.2) is 0 Å².